The fourth-order valence-electron chi connectivity index (χ4n) is 2.72. The molecule has 1 aromatic carbocycles. The number of rotatable bonds is 5. The number of benzene rings is 1. The SMILES string of the molecule is CC1CCN(C(N)=NCCCN(C)c2ccccc2F)CC1.I. The van der Waals surface area contributed by atoms with Gasteiger partial charge in [-0.25, -0.2) is 4.39 Å². The van der Waals surface area contributed by atoms with E-state index in [-0.39, 0.29) is 29.8 Å². The Kier molecular flexibility index (Phi) is 8.65. The summed E-state index contributed by atoms with van der Waals surface area (Å²) in [6.07, 6.45) is 3.23. The Bertz CT molecular complexity index is 501. The average molecular weight is 434 g/mol. The van der Waals surface area contributed by atoms with Gasteiger partial charge >= 0.3 is 0 Å². The Hall–Kier alpha value is -1.05. The lowest BCUT2D eigenvalue weighted by Gasteiger charge is -2.31. The summed E-state index contributed by atoms with van der Waals surface area (Å²) >= 11 is 0. The lowest BCUT2D eigenvalue weighted by molar-refractivity contribution is 0.277. The summed E-state index contributed by atoms with van der Waals surface area (Å²) in [5, 5.41) is 0. The molecule has 0 unspecified atom stereocenters. The predicted octanol–water partition coefficient (Wildman–Crippen LogP) is 3.32. The molecule has 1 saturated heterocycles. The van der Waals surface area contributed by atoms with Gasteiger partial charge in [-0.1, -0.05) is 19.1 Å². The van der Waals surface area contributed by atoms with Gasteiger partial charge in [-0.2, -0.15) is 0 Å². The molecule has 1 aromatic rings. The van der Waals surface area contributed by atoms with Crippen molar-refractivity contribution >= 4 is 35.6 Å². The second kappa shape index (κ2) is 9.95. The summed E-state index contributed by atoms with van der Waals surface area (Å²) in [6.45, 7) is 5.73. The summed E-state index contributed by atoms with van der Waals surface area (Å²) in [5.74, 6) is 1.26. The van der Waals surface area contributed by atoms with Crippen LogP contribution in [0.3, 0.4) is 0 Å². The van der Waals surface area contributed by atoms with Crippen LogP contribution in [0.2, 0.25) is 0 Å². The van der Waals surface area contributed by atoms with Crippen LogP contribution < -0.4 is 10.6 Å². The fourth-order valence-corrected chi connectivity index (χ4v) is 2.72. The maximum Gasteiger partial charge on any atom is 0.191 e. The summed E-state index contributed by atoms with van der Waals surface area (Å²) in [5.41, 5.74) is 6.68. The molecule has 6 heteroatoms. The Morgan fingerprint density at radius 1 is 1.35 bits per heavy atom. The van der Waals surface area contributed by atoms with Gasteiger partial charge < -0.3 is 15.5 Å². The zero-order valence-electron chi connectivity index (χ0n) is 14.0. The Labute approximate surface area is 156 Å². The van der Waals surface area contributed by atoms with E-state index in [0.717, 1.165) is 32.0 Å². The molecule has 1 fully saturated rings. The molecule has 0 atom stereocenters. The highest BCUT2D eigenvalue weighted by Crippen LogP contribution is 2.17. The molecule has 0 spiro atoms. The topological polar surface area (TPSA) is 44.9 Å². The lowest BCUT2D eigenvalue weighted by Crippen LogP contribution is -2.42. The maximum atomic E-state index is 13.7. The molecular weight excluding hydrogens is 406 g/mol. The van der Waals surface area contributed by atoms with Gasteiger partial charge in [0.2, 0.25) is 0 Å². The highest BCUT2D eigenvalue weighted by atomic mass is 127. The van der Waals surface area contributed by atoms with Crippen molar-refractivity contribution in [3.05, 3.63) is 30.1 Å². The highest BCUT2D eigenvalue weighted by molar-refractivity contribution is 14.0. The van der Waals surface area contributed by atoms with Crippen molar-refractivity contribution in [3.63, 3.8) is 0 Å². The third-order valence-electron chi connectivity index (χ3n) is 4.30. The van der Waals surface area contributed by atoms with Crippen molar-refractivity contribution < 1.29 is 4.39 Å². The first-order valence-electron chi connectivity index (χ1n) is 8.08. The Balaban J connectivity index is 0.00000264. The number of hydrogen-bond donors (Lipinski definition) is 1. The molecule has 0 saturated carbocycles. The summed E-state index contributed by atoms with van der Waals surface area (Å²) < 4.78 is 13.7. The van der Waals surface area contributed by atoms with Crippen LogP contribution in [0.4, 0.5) is 10.1 Å². The van der Waals surface area contributed by atoms with Crippen LogP contribution >= 0.6 is 24.0 Å². The number of anilines is 1. The normalized spacial score (nSPS) is 16.1. The standard InChI is InChI=1S/C17H27FN4.HI/c1-14-8-12-22(13-9-14)17(19)20-10-5-11-21(2)16-7-4-3-6-15(16)18;/h3-4,6-7,14H,5,8-13H2,1-2H3,(H2,19,20);1H. The molecule has 2 N–H and O–H groups in total. The quantitative estimate of drug-likeness (QED) is 0.335. The van der Waals surface area contributed by atoms with Crippen LogP contribution in [-0.4, -0.2) is 44.1 Å². The lowest BCUT2D eigenvalue weighted by atomic mass is 10.00. The van der Waals surface area contributed by atoms with Crippen LogP contribution in [-0.2, 0) is 0 Å². The van der Waals surface area contributed by atoms with Crippen molar-refractivity contribution in [2.45, 2.75) is 26.2 Å². The van der Waals surface area contributed by atoms with E-state index < -0.39 is 0 Å². The minimum Gasteiger partial charge on any atom is -0.372 e. The van der Waals surface area contributed by atoms with Gasteiger partial charge in [-0.15, -0.1) is 24.0 Å². The molecule has 130 valence electrons. The Morgan fingerprint density at radius 3 is 2.65 bits per heavy atom. The van der Waals surface area contributed by atoms with Crippen LogP contribution in [0, 0.1) is 11.7 Å². The van der Waals surface area contributed by atoms with Gasteiger partial charge in [-0.05, 0) is 37.3 Å². The number of likely N-dealkylation sites (tertiary alicyclic amines) is 1. The number of nitrogens with zero attached hydrogens (tertiary/aromatic N) is 3. The molecule has 0 aliphatic carbocycles. The van der Waals surface area contributed by atoms with Gasteiger partial charge in [0.15, 0.2) is 5.96 Å². The number of nitrogens with two attached hydrogens (primary N) is 1. The van der Waals surface area contributed by atoms with E-state index >= 15 is 0 Å². The number of hydrogen-bond acceptors (Lipinski definition) is 2. The number of piperidine rings is 1. The third-order valence-corrected chi connectivity index (χ3v) is 4.30. The molecule has 1 heterocycles. The highest BCUT2D eigenvalue weighted by Gasteiger charge is 2.16. The van der Waals surface area contributed by atoms with Gasteiger partial charge in [0.05, 0.1) is 5.69 Å². The fraction of sp³-hybridized carbons (Fsp3) is 0.588. The smallest absolute Gasteiger partial charge is 0.191 e. The molecule has 23 heavy (non-hydrogen) atoms. The van der Waals surface area contributed by atoms with Crippen molar-refractivity contribution in [1.29, 1.82) is 0 Å². The van der Waals surface area contributed by atoms with E-state index in [1.165, 1.54) is 18.9 Å². The monoisotopic (exact) mass is 434 g/mol. The van der Waals surface area contributed by atoms with E-state index in [2.05, 4.69) is 16.8 Å². The molecule has 2 rings (SSSR count). The predicted molar refractivity (Wildman–Crippen MR) is 106 cm³/mol. The van der Waals surface area contributed by atoms with E-state index in [9.17, 15) is 4.39 Å². The van der Waals surface area contributed by atoms with Gasteiger partial charge in [0, 0.05) is 33.2 Å². The largest absolute Gasteiger partial charge is 0.372 e. The van der Waals surface area contributed by atoms with Crippen molar-refractivity contribution in [2.24, 2.45) is 16.6 Å². The van der Waals surface area contributed by atoms with E-state index in [1.807, 2.05) is 18.0 Å². The zero-order valence-corrected chi connectivity index (χ0v) is 16.4. The van der Waals surface area contributed by atoms with Crippen LogP contribution in [0.5, 0.6) is 0 Å². The number of para-hydroxylation sites is 1. The van der Waals surface area contributed by atoms with Gasteiger partial charge in [-0.3, -0.25) is 4.99 Å². The molecule has 0 aromatic heterocycles. The van der Waals surface area contributed by atoms with Gasteiger partial charge in [0.25, 0.3) is 0 Å². The molecule has 0 amide bonds. The first-order valence-corrected chi connectivity index (χ1v) is 8.08. The summed E-state index contributed by atoms with van der Waals surface area (Å²) in [7, 11) is 1.90. The molecule has 1 aliphatic rings. The maximum absolute atomic E-state index is 13.7. The van der Waals surface area contributed by atoms with Crippen molar-refractivity contribution in [3.8, 4) is 0 Å². The molecule has 0 radical (unpaired) electrons. The number of halogens is 2. The van der Waals surface area contributed by atoms with Crippen LogP contribution in [0.25, 0.3) is 0 Å². The minimum atomic E-state index is -0.185. The number of aliphatic imine (C=N–C) groups is 1. The molecule has 4 nitrogen and oxygen atoms in total. The first-order chi connectivity index (χ1) is 10.6. The minimum absolute atomic E-state index is 0. The van der Waals surface area contributed by atoms with Crippen molar-refractivity contribution in [1.82, 2.24) is 4.90 Å². The van der Waals surface area contributed by atoms with E-state index in [1.54, 1.807) is 12.1 Å². The molecule has 0 bridgehead atoms. The molecule has 1 aliphatic heterocycles. The summed E-state index contributed by atoms with van der Waals surface area (Å²) in [4.78, 5) is 8.55. The second-order valence-corrected chi connectivity index (χ2v) is 6.14. The average Bonchev–Trinajstić information content (AvgIpc) is 2.52. The second-order valence-electron chi connectivity index (χ2n) is 6.14. The molecular formula is C17H28FIN4. The van der Waals surface area contributed by atoms with Crippen LogP contribution in [0.15, 0.2) is 29.3 Å². The third kappa shape index (κ3) is 6.16. The summed E-state index contributed by atoms with van der Waals surface area (Å²) in [6, 6.07) is 6.83. The Morgan fingerprint density at radius 2 is 2.00 bits per heavy atom. The zero-order chi connectivity index (χ0) is 15.9. The van der Waals surface area contributed by atoms with Gasteiger partial charge in [0.1, 0.15) is 5.82 Å². The van der Waals surface area contributed by atoms with Crippen molar-refractivity contribution in [2.75, 3.05) is 38.1 Å². The first kappa shape index (κ1) is 20.0. The number of guanidine groups is 1. The van der Waals surface area contributed by atoms with Crippen LogP contribution in [0.1, 0.15) is 26.2 Å². The van der Waals surface area contributed by atoms with E-state index in [4.69, 9.17) is 5.73 Å². The van der Waals surface area contributed by atoms with E-state index in [0.29, 0.717) is 18.2 Å².